The Hall–Kier alpha value is -0.0800. The molecule has 0 aliphatic carbocycles. The Morgan fingerprint density at radius 2 is 2.30 bits per heavy atom. The molecule has 10 heavy (non-hydrogen) atoms. The lowest BCUT2D eigenvalue weighted by molar-refractivity contribution is -0.128. The predicted molar refractivity (Wildman–Crippen MR) is 37.2 cm³/mol. The molecule has 2 aliphatic rings. The number of carbonyl (C=O) groups excluding carboxylic acids is 1. The summed E-state index contributed by atoms with van der Waals surface area (Å²) in [6.07, 6.45) is 2.72. The Bertz CT molecular complexity index is 169. The molecule has 3 atom stereocenters. The minimum Gasteiger partial charge on any atom is -0.373 e. The maximum absolute atomic E-state index is 11.0. The zero-order valence-electron chi connectivity index (χ0n) is 5.55. The minimum absolute atomic E-state index is 0.0212. The highest BCUT2D eigenvalue weighted by atomic mass is 35.5. The van der Waals surface area contributed by atoms with E-state index in [1.165, 1.54) is 0 Å². The van der Waals surface area contributed by atoms with Crippen molar-refractivity contribution in [3.05, 3.63) is 0 Å². The van der Waals surface area contributed by atoms with Gasteiger partial charge in [-0.15, -0.1) is 11.6 Å². The van der Waals surface area contributed by atoms with Crippen LogP contribution in [0.2, 0.25) is 0 Å². The van der Waals surface area contributed by atoms with Crippen LogP contribution in [0.25, 0.3) is 0 Å². The molecule has 2 rings (SSSR count). The van der Waals surface area contributed by atoms with Crippen molar-refractivity contribution < 1.29 is 9.53 Å². The Labute approximate surface area is 64.5 Å². The van der Waals surface area contributed by atoms with Crippen molar-refractivity contribution in [2.24, 2.45) is 0 Å². The fourth-order valence-corrected chi connectivity index (χ4v) is 1.92. The van der Waals surface area contributed by atoms with Crippen molar-refractivity contribution in [3.8, 4) is 0 Å². The summed E-state index contributed by atoms with van der Waals surface area (Å²) < 4.78 is 5.43. The molecule has 0 spiro atoms. The van der Waals surface area contributed by atoms with E-state index in [-0.39, 0.29) is 23.4 Å². The van der Waals surface area contributed by atoms with Crippen LogP contribution in [0.4, 0.5) is 0 Å². The minimum atomic E-state index is -0.362. The summed E-state index contributed by atoms with van der Waals surface area (Å²) in [6.45, 7) is 0. The molecule has 0 aromatic heterocycles. The van der Waals surface area contributed by atoms with Crippen LogP contribution in [-0.2, 0) is 9.53 Å². The van der Waals surface area contributed by atoms with Gasteiger partial charge in [-0.1, -0.05) is 0 Å². The fourth-order valence-electron chi connectivity index (χ4n) is 1.64. The van der Waals surface area contributed by atoms with Gasteiger partial charge in [0.25, 0.3) is 0 Å². The van der Waals surface area contributed by atoms with E-state index >= 15 is 0 Å². The van der Waals surface area contributed by atoms with Crippen LogP contribution in [0.5, 0.6) is 0 Å². The van der Waals surface area contributed by atoms with Gasteiger partial charge >= 0.3 is 0 Å². The van der Waals surface area contributed by atoms with E-state index in [4.69, 9.17) is 16.3 Å². The normalized spacial score (nSPS) is 46.1. The number of Topliss-reactive ketones (excluding diaryl/α,β-unsaturated/α-hetero) is 1. The lowest BCUT2D eigenvalue weighted by atomic mass is 10.1. The largest absolute Gasteiger partial charge is 0.373 e. The average Bonchev–Trinajstić information content (AvgIpc) is 2.29. The number of halogens is 1. The maximum atomic E-state index is 11.0. The van der Waals surface area contributed by atoms with Crippen molar-refractivity contribution in [1.29, 1.82) is 0 Å². The first-order valence-corrected chi connectivity index (χ1v) is 4.03. The first-order valence-electron chi connectivity index (χ1n) is 3.59. The molecule has 2 heterocycles. The van der Waals surface area contributed by atoms with Crippen molar-refractivity contribution in [1.82, 2.24) is 0 Å². The lowest BCUT2D eigenvalue weighted by Crippen LogP contribution is -2.36. The van der Waals surface area contributed by atoms with Gasteiger partial charge in [-0.3, -0.25) is 4.79 Å². The van der Waals surface area contributed by atoms with Gasteiger partial charge < -0.3 is 4.74 Å². The third kappa shape index (κ3) is 0.867. The Balaban J connectivity index is 2.17. The summed E-state index contributed by atoms with van der Waals surface area (Å²) in [5, 5.41) is -0.362. The van der Waals surface area contributed by atoms with E-state index < -0.39 is 0 Å². The van der Waals surface area contributed by atoms with E-state index in [1.54, 1.807) is 0 Å². The highest BCUT2D eigenvalue weighted by Crippen LogP contribution is 2.32. The van der Waals surface area contributed by atoms with Crippen LogP contribution in [0, 0.1) is 0 Å². The fraction of sp³-hybridized carbons (Fsp3) is 0.857. The van der Waals surface area contributed by atoms with Gasteiger partial charge in [0.15, 0.2) is 5.78 Å². The molecule has 0 amide bonds. The van der Waals surface area contributed by atoms with Gasteiger partial charge in [-0.2, -0.15) is 0 Å². The third-order valence-electron chi connectivity index (χ3n) is 2.20. The van der Waals surface area contributed by atoms with Crippen molar-refractivity contribution in [2.75, 3.05) is 0 Å². The first-order chi connectivity index (χ1) is 4.77. The molecule has 0 saturated carbocycles. The number of alkyl halides is 1. The summed E-state index contributed by atoms with van der Waals surface area (Å²) in [5.74, 6) is 0.167. The van der Waals surface area contributed by atoms with Crippen LogP contribution in [0.1, 0.15) is 19.3 Å². The molecular weight excluding hydrogens is 152 g/mol. The smallest absolute Gasteiger partial charge is 0.155 e. The summed E-state index contributed by atoms with van der Waals surface area (Å²) in [4.78, 5) is 11.0. The van der Waals surface area contributed by atoms with E-state index in [9.17, 15) is 4.79 Å². The molecule has 0 radical (unpaired) electrons. The van der Waals surface area contributed by atoms with E-state index in [0.717, 1.165) is 12.8 Å². The number of carbonyl (C=O) groups is 1. The molecular formula is C7H9ClO2. The number of rotatable bonds is 0. The molecule has 2 aliphatic heterocycles. The molecule has 2 bridgehead atoms. The molecule has 2 saturated heterocycles. The average molecular weight is 161 g/mol. The highest BCUT2D eigenvalue weighted by molar-refractivity contribution is 6.31. The SMILES string of the molecule is O=C1CC2CCC(O2)C1Cl. The summed E-state index contributed by atoms with van der Waals surface area (Å²) >= 11 is 5.79. The quantitative estimate of drug-likeness (QED) is 0.497. The van der Waals surface area contributed by atoms with Crippen LogP contribution in [0.15, 0.2) is 0 Å². The number of ketones is 1. The number of fused-ring (bicyclic) bond motifs is 2. The summed E-state index contributed by atoms with van der Waals surface area (Å²) in [7, 11) is 0. The highest BCUT2D eigenvalue weighted by Gasteiger charge is 2.40. The molecule has 3 unspecified atom stereocenters. The van der Waals surface area contributed by atoms with Crippen molar-refractivity contribution in [2.45, 2.75) is 36.8 Å². The number of hydrogen-bond donors (Lipinski definition) is 0. The third-order valence-corrected chi connectivity index (χ3v) is 2.73. The van der Waals surface area contributed by atoms with Crippen LogP contribution in [-0.4, -0.2) is 23.4 Å². The molecule has 0 N–H and O–H groups in total. The number of ether oxygens (including phenoxy) is 1. The van der Waals surface area contributed by atoms with Crippen molar-refractivity contribution >= 4 is 17.4 Å². The van der Waals surface area contributed by atoms with Crippen molar-refractivity contribution in [3.63, 3.8) is 0 Å². The molecule has 56 valence electrons. The van der Waals surface area contributed by atoms with Gasteiger partial charge in [0, 0.05) is 6.42 Å². The van der Waals surface area contributed by atoms with Gasteiger partial charge in [-0.05, 0) is 12.8 Å². The molecule has 0 aromatic rings. The molecule has 0 aromatic carbocycles. The first kappa shape index (κ1) is 6.62. The lowest BCUT2D eigenvalue weighted by Gasteiger charge is -2.23. The van der Waals surface area contributed by atoms with Gasteiger partial charge in [0.05, 0.1) is 12.2 Å². The van der Waals surface area contributed by atoms with E-state index in [0.29, 0.717) is 6.42 Å². The van der Waals surface area contributed by atoms with Gasteiger partial charge in [0.1, 0.15) is 5.38 Å². The second-order valence-corrected chi connectivity index (χ2v) is 3.42. The Morgan fingerprint density at radius 1 is 1.50 bits per heavy atom. The summed E-state index contributed by atoms with van der Waals surface area (Å²) in [5.41, 5.74) is 0. The maximum Gasteiger partial charge on any atom is 0.155 e. The molecule has 2 fully saturated rings. The zero-order chi connectivity index (χ0) is 7.14. The second kappa shape index (κ2) is 2.21. The van der Waals surface area contributed by atoms with Gasteiger partial charge in [0.2, 0.25) is 0 Å². The monoisotopic (exact) mass is 160 g/mol. The predicted octanol–water partition coefficient (Wildman–Crippen LogP) is 1.11. The standard InChI is InChI=1S/C7H9ClO2/c8-7-5(9)3-4-1-2-6(7)10-4/h4,6-7H,1-3H2. The van der Waals surface area contributed by atoms with E-state index in [2.05, 4.69) is 0 Å². The van der Waals surface area contributed by atoms with Gasteiger partial charge in [-0.25, -0.2) is 0 Å². The Kier molecular flexibility index (Phi) is 1.46. The number of hydrogen-bond acceptors (Lipinski definition) is 2. The summed E-state index contributed by atoms with van der Waals surface area (Å²) in [6, 6.07) is 0. The van der Waals surface area contributed by atoms with Crippen LogP contribution >= 0.6 is 11.6 Å². The molecule has 3 heteroatoms. The van der Waals surface area contributed by atoms with E-state index in [1.807, 2.05) is 0 Å². The topological polar surface area (TPSA) is 26.3 Å². The van der Waals surface area contributed by atoms with Crippen LogP contribution in [0.3, 0.4) is 0 Å². The van der Waals surface area contributed by atoms with Crippen LogP contribution < -0.4 is 0 Å². The Morgan fingerprint density at radius 3 is 3.10 bits per heavy atom. The second-order valence-electron chi connectivity index (χ2n) is 2.95. The zero-order valence-corrected chi connectivity index (χ0v) is 6.30. The molecule has 2 nitrogen and oxygen atoms in total.